The molecule has 64 valence electrons. The SMILES string of the molecule is CNC(=O)C(C)CCC(N)=O. The highest BCUT2D eigenvalue weighted by atomic mass is 16.2. The van der Waals surface area contributed by atoms with Crippen LogP contribution >= 0.6 is 0 Å². The first-order valence-electron chi connectivity index (χ1n) is 3.57. The van der Waals surface area contributed by atoms with Gasteiger partial charge < -0.3 is 11.1 Å². The highest BCUT2D eigenvalue weighted by Crippen LogP contribution is 2.03. The van der Waals surface area contributed by atoms with E-state index in [0.717, 1.165) is 0 Å². The average Bonchev–Trinajstić information content (AvgIpc) is 1.98. The Bertz CT molecular complexity index is 157. The van der Waals surface area contributed by atoms with E-state index in [1.165, 1.54) is 0 Å². The summed E-state index contributed by atoms with van der Waals surface area (Å²) in [6.07, 6.45) is 0.795. The number of carbonyl (C=O) groups is 2. The molecule has 11 heavy (non-hydrogen) atoms. The lowest BCUT2D eigenvalue weighted by molar-refractivity contribution is -0.124. The van der Waals surface area contributed by atoms with Crippen molar-refractivity contribution in [2.45, 2.75) is 19.8 Å². The van der Waals surface area contributed by atoms with E-state index in [9.17, 15) is 9.59 Å². The minimum absolute atomic E-state index is 0.0498. The van der Waals surface area contributed by atoms with Gasteiger partial charge in [-0.2, -0.15) is 0 Å². The van der Waals surface area contributed by atoms with Crippen LogP contribution in [0.15, 0.2) is 0 Å². The van der Waals surface area contributed by atoms with Crippen LogP contribution in [0.1, 0.15) is 19.8 Å². The highest BCUT2D eigenvalue weighted by molar-refractivity contribution is 5.79. The largest absolute Gasteiger partial charge is 0.370 e. The average molecular weight is 158 g/mol. The number of carbonyl (C=O) groups excluding carboxylic acids is 2. The van der Waals surface area contributed by atoms with Gasteiger partial charge in [0.05, 0.1) is 0 Å². The number of amides is 2. The van der Waals surface area contributed by atoms with Crippen LogP contribution in [0.2, 0.25) is 0 Å². The second-order valence-electron chi connectivity index (χ2n) is 2.52. The first-order chi connectivity index (χ1) is 5.07. The molecule has 1 atom stereocenters. The van der Waals surface area contributed by atoms with Gasteiger partial charge in [0.2, 0.25) is 11.8 Å². The van der Waals surface area contributed by atoms with Crippen LogP contribution in [0.5, 0.6) is 0 Å². The van der Waals surface area contributed by atoms with Crippen LogP contribution in [0.25, 0.3) is 0 Å². The number of nitrogens with two attached hydrogens (primary N) is 1. The maximum Gasteiger partial charge on any atom is 0.222 e. The predicted octanol–water partition coefficient (Wildman–Crippen LogP) is -0.366. The van der Waals surface area contributed by atoms with Crippen molar-refractivity contribution in [3.8, 4) is 0 Å². The fourth-order valence-corrected chi connectivity index (χ4v) is 0.736. The molecular weight excluding hydrogens is 144 g/mol. The maximum atomic E-state index is 10.9. The Balaban J connectivity index is 3.60. The summed E-state index contributed by atoms with van der Waals surface area (Å²) >= 11 is 0. The molecule has 0 saturated heterocycles. The lowest BCUT2D eigenvalue weighted by Crippen LogP contribution is -2.26. The molecule has 1 unspecified atom stereocenters. The summed E-state index contributed by atoms with van der Waals surface area (Å²) < 4.78 is 0. The summed E-state index contributed by atoms with van der Waals surface area (Å²) in [5.41, 5.74) is 4.91. The Labute approximate surface area is 66.1 Å². The van der Waals surface area contributed by atoms with E-state index in [1.807, 2.05) is 0 Å². The molecule has 0 radical (unpaired) electrons. The maximum absolute atomic E-state index is 10.9. The van der Waals surface area contributed by atoms with E-state index in [2.05, 4.69) is 5.32 Å². The first kappa shape index (κ1) is 9.94. The van der Waals surface area contributed by atoms with Crippen LogP contribution in [-0.2, 0) is 9.59 Å². The molecule has 0 aliphatic heterocycles. The van der Waals surface area contributed by atoms with Gasteiger partial charge in [0.25, 0.3) is 0 Å². The fraction of sp³-hybridized carbons (Fsp3) is 0.714. The molecule has 0 bridgehead atoms. The summed E-state index contributed by atoms with van der Waals surface area (Å²) in [6.45, 7) is 1.77. The van der Waals surface area contributed by atoms with Crippen molar-refractivity contribution in [2.75, 3.05) is 7.05 Å². The molecule has 0 saturated carbocycles. The molecule has 0 aliphatic rings. The van der Waals surface area contributed by atoms with E-state index < -0.39 is 0 Å². The molecule has 0 spiro atoms. The Morgan fingerprint density at radius 1 is 1.55 bits per heavy atom. The van der Waals surface area contributed by atoms with Crippen molar-refractivity contribution in [3.63, 3.8) is 0 Å². The van der Waals surface area contributed by atoms with Crippen LogP contribution in [0.3, 0.4) is 0 Å². The number of rotatable bonds is 4. The van der Waals surface area contributed by atoms with Crippen molar-refractivity contribution < 1.29 is 9.59 Å². The van der Waals surface area contributed by atoms with E-state index in [1.54, 1.807) is 14.0 Å². The Kier molecular flexibility index (Phi) is 4.26. The van der Waals surface area contributed by atoms with Gasteiger partial charge in [0, 0.05) is 19.4 Å². The minimum atomic E-state index is -0.360. The molecule has 0 aromatic carbocycles. The van der Waals surface area contributed by atoms with Crippen LogP contribution in [-0.4, -0.2) is 18.9 Å². The van der Waals surface area contributed by atoms with Crippen LogP contribution in [0.4, 0.5) is 0 Å². The Hall–Kier alpha value is -1.06. The quantitative estimate of drug-likeness (QED) is 0.586. The molecule has 0 aliphatic carbocycles. The van der Waals surface area contributed by atoms with Gasteiger partial charge in [-0.25, -0.2) is 0 Å². The fourth-order valence-electron chi connectivity index (χ4n) is 0.736. The molecule has 4 nitrogen and oxygen atoms in total. The predicted molar refractivity (Wildman–Crippen MR) is 41.7 cm³/mol. The van der Waals surface area contributed by atoms with Crippen molar-refractivity contribution in [1.82, 2.24) is 5.32 Å². The number of hydrogen-bond donors (Lipinski definition) is 2. The zero-order valence-electron chi connectivity index (χ0n) is 6.89. The van der Waals surface area contributed by atoms with Gasteiger partial charge in [0.1, 0.15) is 0 Å². The van der Waals surface area contributed by atoms with Gasteiger partial charge in [-0.05, 0) is 6.42 Å². The molecule has 4 heteroatoms. The molecular formula is C7H14N2O2. The molecule has 0 rings (SSSR count). The first-order valence-corrected chi connectivity index (χ1v) is 3.57. The standard InChI is InChI=1S/C7H14N2O2/c1-5(7(11)9-2)3-4-6(8)10/h5H,3-4H2,1-2H3,(H2,8,10)(H,9,11). The topological polar surface area (TPSA) is 72.2 Å². The highest BCUT2D eigenvalue weighted by Gasteiger charge is 2.10. The van der Waals surface area contributed by atoms with Crippen molar-refractivity contribution in [2.24, 2.45) is 11.7 Å². The monoisotopic (exact) mass is 158 g/mol. The normalized spacial score (nSPS) is 12.2. The van der Waals surface area contributed by atoms with E-state index >= 15 is 0 Å². The summed E-state index contributed by atoms with van der Waals surface area (Å²) in [4.78, 5) is 21.2. The van der Waals surface area contributed by atoms with Crippen LogP contribution < -0.4 is 11.1 Å². The van der Waals surface area contributed by atoms with Gasteiger partial charge in [-0.3, -0.25) is 9.59 Å². The van der Waals surface area contributed by atoms with Gasteiger partial charge in [-0.15, -0.1) is 0 Å². The second-order valence-corrected chi connectivity index (χ2v) is 2.52. The van der Waals surface area contributed by atoms with Crippen LogP contribution in [0, 0.1) is 5.92 Å². The molecule has 0 fully saturated rings. The molecule has 0 heterocycles. The zero-order valence-corrected chi connectivity index (χ0v) is 6.89. The Morgan fingerprint density at radius 2 is 2.09 bits per heavy atom. The third-order valence-electron chi connectivity index (χ3n) is 1.52. The van der Waals surface area contributed by atoms with E-state index in [4.69, 9.17) is 5.73 Å². The van der Waals surface area contributed by atoms with Crippen molar-refractivity contribution >= 4 is 11.8 Å². The van der Waals surface area contributed by atoms with Gasteiger partial charge in [-0.1, -0.05) is 6.92 Å². The smallest absolute Gasteiger partial charge is 0.222 e. The van der Waals surface area contributed by atoms with Gasteiger partial charge in [0.15, 0.2) is 0 Å². The molecule has 3 N–H and O–H groups in total. The minimum Gasteiger partial charge on any atom is -0.370 e. The lowest BCUT2D eigenvalue weighted by Gasteiger charge is -2.06. The summed E-state index contributed by atoms with van der Waals surface area (Å²) in [7, 11) is 1.57. The van der Waals surface area contributed by atoms with Crippen molar-refractivity contribution in [1.29, 1.82) is 0 Å². The number of primary amides is 1. The molecule has 0 aromatic rings. The summed E-state index contributed by atoms with van der Waals surface area (Å²) in [6, 6.07) is 0. The third kappa shape index (κ3) is 4.36. The van der Waals surface area contributed by atoms with E-state index in [0.29, 0.717) is 6.42 Å². The summed E-state index contributed by atoms with van der Waals surface area (Å²) in [5, 5.41) is 2.50. The van der Waals surface area contributed by atoms with E-state index in [-0.39, 0.29) is 24.2 Å². The molecule has 2 amide bonds. The third-order valence-corrected chi connectivity index (χ3v) is 1.52. The lowest BCUT2D eigenvalue weighted by atomic mass is 10.1. The van der Waals surface area contributed by atoms with Gasteiger partial charge >= 0.3 is 0 Å². The number of nitrogens with one attached hydrogen (secondary N) is 1. The van der Waals surface area contributed by atoms with Crippen molar-refractivity contribution in [3.05, 3.63) is 0 Å². The number of hydrogen-bond acceptors (Lipinski definition) is 2. The summed E-state index contributed by atoms with van der Waals surface area (Å²) in [5.74, 6) is -0.542. The zero-order chi connectivity index (χ0) is 8.85. The molecule has 0 aromatic heterocycles. The second kappa shape index (κ2) is 4.71. The Morgan fingerprint density at radius 3 is 2.45 bits per heavy atom.